The highest BCUT2D eigenvalue weighted by molar-refractivity contribution is 4.90. The predicted molar refractivity (Wildman–Crippen MR) is 83.7 cm³/mol. The second-order valence-electron chi connectivity index (χ2n) is 6.72. The van der Waals surface area contributed by atoms with Crippen molar-refractivity contribution in [3.8, 4) is 0 Å². The predicted octanol–water partition coefficient (Wildman–Crippen LogP) is 4.62. The second kappa shape index (κ2) is 8.26. The maximum Gasteiger partial charge on any atom is 0.0678 e. The van der Waals surface area contributed by atoms with Gasteiger partial charge in [-0.05, 0) is 33.6 Å². The Hall–Kier alpha value is -0.0800. The van der Waals surface area contributed by atoms with Gasteiger partial charge in [-0.15, -0.1) is 0 Å². The van der Waals surface area contributed by atoms with Crippen LogP contribution < -0.4 is 0 Å². The number of ether oxygens (including phenoxy) is 1. The van der Waals surface area contributed by atoms with Gasteiger partial charge in [0.15, 0.2) is 0 Å². The van der Waals surface area contributed by atoms with Gasteiger partial charge < -0.3 is 4.74 Å². The first-order chi connectivity index (χ1) is 9.01. The van der Waals surface area contributed by atoms with Crippen molar-refractivity contribution in [2.75, 3.05) is 13.1 Å². The number of hydrogen-bond acceptors (Lipinski definition) is 2. The van der Waals surface area contributed by atoms with Crippen molar-refractivity contribution in [1.82, 2.24) is 4.90 Å². The molecule has 1 unspecified atom stereocenters. The highest BCUT2D eigenvalue weighted by Gasteiger charge is 2.35. The normalized spacial score (nSPS) is 28.3. The lowest BCUT2D eigenvalue weighted by molar-refractivity contribution is -0.103. The fourth-order valence-corrected chi connectivity index (χ4v) is 3.37. The van der Waals surface area contributed by atoms with Gasteiger partial charge in [0.05, 0.1) is 12.2 Å². The number of rotatable bonds is 8. The van der Waals surface area contributed by atoms with Gasteiger partial charge in [0, 0.05) is 18.6 Å². The lowest BCUT2D eigenvalue weighted by atomic mass is 9.86. The third-order valence-corrected chi connectivity index (χ3v) is 4.57. The van der Waals surface area contributed by atoms with E-state index in [-0.39, 0.29) is 0 Å². The van der Waals surface area contributed by atoms with Crippen LogP contribution >= 0.6 is 0 Å². The highest BCUT2D eigenvalue weighted by atomic mass is 16.5. The Kier molecular flexibility index (Phi) is 7.38. The fourth-order valence-electron chi connectivity index (χ4n) is 3.37. The summed E-state index contributed by atoms with van der Waals surface area (Å²) in [5, 5.41) is 0. The van der Waals surface area contributed by atoms with E-state index >= 15 is 0 Å². The van der Waals surface area contributed by atoms with E-state index in [4.69, 9.17) is 4.74 Å². The van der Waals surface area contributed by atoms with E-state index in [1.54, 1.807) is 0 Å². The van der Waals surface area contributed by atoms with Gasteiger partial charge in [0.2, 0.25) is 0 Å². The summed E-state index contributed by atoms with van der Waals surface area (Å²) in [6.07, 6.45) is 10.2. The molecular weight excluding hydrogens is 234 g/mol. The SMILES string of the molecule is CCCCCC(C)(CCCC)N1C[C@@H](C)O[C@@H](C)C1. The van der Waals surface area contributed by atoms with Crippen molar-refractivity contribution in [2.24, 2.45) is 0 Å². The van der Waals surface area contributed by atoms with Crippen LogP contribution in [0.5, 0.6) is 0 Å². The van der Waals surface area contributed by atoms with Gasteiger partial charge >= 0.3 is 0 Å². The van der Waals surface area contributed by atoms with Crippen LogP contribution in [0.4, 0.5) is 0 Å². The molecule has 0 aliphatic carbocycles. The molecular formula is C17H35NO. The zero-order valence-corrected chi connectivity index (χ0v) is 13.9. The van der Waals surface area contributed by atoms with E-state index in [2.05, 4.69) is 39.5 Å². The van der Waals surface area contributed by atoms with Crippen LogP contribution in [0.25, 0.3) is 0 Å². The zero-order chi connectivity index (χ0) is 14.3. The molecule has 0 amide bonds. The van der Waals surface area contributed by atoms with E-state index in [1.165, 1.54) is 44.9 Å². The van der Waals surface area contributed by atoms with E-state index in [0.717, 1.165) is 13.1 Å². The first-order valence-corrected chi connectivity index (χ1v) is 8.42. The van der Waals surface area contributed by atoms with Gasteiger partial charge in [-0.3, -0.25) is 4.90 Å². The molecule has 1 aliphatic heterocycles. The maximum atomic E-state index is 5.90. The molecule has 0 N–H and O–H groups in total. The molecule has 1 saturated heterocycles. The minimum absolute atomic E-state index is 0.385. The summed E-state index contributed by atoms with van der Waals surface area (Å²) >= 11 is 0. The molecule has 19 heavy (non-hydrogen) atoms. The Morgan fingerprint density at radius 2 is 1.47 bits per heavy atom. The van der Waals surface area contributed by atoms with E-state index in [9.17, 15) is 0 Å². The summed E-state index contributed by atoms with van der Waals surface area (Å²) in [6, 6.07) is 0. The molecule has 114 valence electrons. The van der Waals surface area contributed by atoms with Crippen molar-refractivity contribution < 1.29 is 4.74 Å². The molecule has 1 fully saturated rings. The van der Waals surface area contributed by atoms with Gasteiger partial charge in [-0.2, -0.15) is 0 Å². The summed E-state index contributed by atoms with van der Waals surface area (Å²) in [5.41, 5.74) is 0.386. The third-order valence-electron chi connectivity index (χ3n) is 4.57. The zero-order valence-electron chi connectivity index (χ0n) is 13.9. The van der Waals surface area contributed by atoms with Crippen LogP contribution in [0.15, 0.2) is 0 Å². The molecule has 0 aromatic rings. The molecule has 2 heteroatoms. The largest absolute Gasteiger partial charge is 0.373 e. The second-order valence-corrected chi connectivity index (χ2v) is 6.72. The van der Waals surface area contributed by atoms with E-state index in [1.807, 2.05) is 0 Å². The molecule has 0 aromatic carbocycles. The third kappa shape index (κ3) is 5.43. The van der Waals surface area contributed by atoms with Crippen molar-refractivity contribution in [2.45, 2.75) is 97.3 Å². The van der Waals surface area contributed by atoms with Crippen LogP contribution in [0, 0.1) is 0 Å². The molecule has 0 radical (unpaired) electrons. The summed E-state index contributed by atoms with van der Waals surface area (Å²) in [5.74, 6) is 0. The van der Waals surface area contributed by atoms with Crippen molar-refractivity contribution in [3.05, 3.63) is 0 Å². The Bertz CT molecular complexity index is 233. The van der Waals surface area contributed by atoms with Gasteiger partial charge in [-0.1, -0.05) is 46.0 Å². The minimum Gasteiger partial charge on any atom is -0.373 e. The summed E-state index contributed by atoms with van der Waals surface area (Å²) in [6.45, 7) is 13.7. The smallest absolute Gasteiger partial charge is 0.0678 e. The molecule has 0 saturated carbocycles. The maximum absolute atomic E-state index is 5.90. The van der Waals surface area contributed by atoms with Crippen molar-refractivity contribution in [1.29, 1.82) is 0 Å². The van der Waals surface area contributed by atoms with Crippen LogP contribution in [0.1, 0.15) is 79.6 Å². The summed E-state index contributed by atoms with van der Waals surface area (Å²) in [7, 11) is 0. The van der Waals surface area contributed by atoms with Gasteiger partial charge in [0.1, 0.15) is 0 Å². The van der Waals surface area contributed by atoms with Crippen LogP contribution in [0.3, 0.4) is 0 Å². The number of hydrogen-bond donors (Lipinski definition) is 0. The first kappa shape index (κ1) is 17.0. The highest BCUT2D eigenvalue weighted by Crippen LogP contribution is 2.31. The molecule has 1 rings (SSSR count). The minimum atomic E-state index is 0.385. The lowest BCUT2D eigenvalue weighted by Crippen LogP contribution is -2.56. The van der Waals surface area contributed by atoms with Crippen molar-refractivity contribution in [3.63, 3.8) is 0 Å². The topological polar surface area (TPSA) is 12.5 Å². The number of morpholine rings is 1. The van der Waals surface area contributed by atoms with Gasteiger partial charge in [0.25, 0.3) is 0 Å². The Balaban J connectivity index is 2.64. The first-order valence-electron chi connectivity index (χ1n) is 8.42. The Morgan fingerprint density at radius 3 is 2.00 bits per heavy atom. The molecule has 2 nitrogen and oxygen atoms in total. The quantitative estimate of drug-likeness (QED) is 0.596. The lowest BCUT2D eigenvalue weighted by Gasteiger charge is -2.47. The van der Waals surface area contributed by atoms with E-state index in [0.29, 0.717) is 17.7 Å². The van der Waals surface area contributed by atoms with Gasteiger partial charge in [-0.25, -0.2) is 0 Å². The summed E-state index contributed by atoms with van der Waals surface area (Å²) in [4.78, 5) is 2.72. The molecule has 0 spiro atoms. The monoisotopic (exact) mass is 269 g/mol. The van der Waals surface area contributed by atoms with Crippen LogP contribution in [-0.2, 0) is 4.74 Å². The molecule has 1 heterocycles. The molecule has 1 aliphatic rings. The van der Waals surface area contributed by atoms with Crippen LogP contribution in [0.2, 0.25) is 0 Å². The fraction of sp³-hybridized carbons (Fsp3) is 1.00. The molecule has 3 atom stereocenters. The number of unbranched alkanes of at least 4 members (excludes halogenated alkanes) is 3. The van der Waals surface area contributed by atoms with Crippen molar-refractivity contribution >= 4 is 0 Å². The summed E-state index contributed by atoms with van der Waals surface area (Å²) < 4.78 is 5.90. The molecule has 0 aromatic heterocycles. The van der Waals surface area contributed by atoms with Crippen LogP contribution in [-0.4, -0.2) is 35.7 Å². The molecule has 0 bridgehead atoms. The van der Waals surface area contributed by atoms with E-state index < -0.39 is 0 Å². The number of nitrogens with zero attached hydrogens (tertiary/aromatic N) is 1. The average molecular weight is 269 g/mol. The standard InChI is InChI=1S/C17H35NO/c1-6-8-10-12-17(5,11-9-7-2)18-13-15(3)19-16(4)14-18/h15-16H,6-14H2,1-5H3/t15-,16+,17?. The average Bonchev–Trinajstić information content (AvgIpc) is 2.35. The Morgan fingerprint density at radius 1 is 0.947 bits per heavy atom. The Labute approximate surface area is 120 Å².